The zero-order chi connectivity index (χ0) is 10.8. The van der Waals surface area contributed by atoms with Crippen LogP contribution in [0.15, 0.2) is 12.2 Å². The first-order chi connectivity index (χ1) is 6.52. The molecule has 2 amide bonds. The van der Waals surface area contributed by atoms with E-state index in [1.54, 1.807) is 13.8 Å². The molecule has 1 N–H and O–H groups in total. The largest absolute Gasteiger partial charge is 0.458 e. The molecule has 0 spiro atoms. The van der Waals surface area contributed by atoms with Crippen LogP contribution >= 0.6 is 0 Å². The summed E-state index contributed by atoms with van der Waals surface area (Å²) >= 11 is 0. The smallest absolute Gasteiger partial charge is 0.296 e. The second-order valence-corrected chi connectivity index (χ2v) is 3.32. The van der Waals surface area contributed by atoms with Gasteiger partial charge in [0.15, 0.2) is 0 Å². The van der Waals surface area contributed by atoms with Crippen LogP contribution in [0.3, 0.4) is 0 Å². The second kappa shape index (κ2) is 3.79. The Hall–Kier alpha value is -1.36. The lowest BCUT2D eigenvalue weighted by Gasteiger charge is -2.24. The van der Waals surface area contributed by atoms with Crippen LogP contribution in [0.25, 0.3) is 0 Å². The highest BCUT2D eigenvalue weighted by Crippen LogP contribution is 2.14. The molecule has 5 nitrogen and oxygen atoms in total. The van der Waals surface area contributed by atoms with Crippen LogP contribution in [-0.4, -0.2) is 36.3 Å². The molecule has 0 aromatic carbocycles. The van der Waals surface area contributed by atoms with Gasteiger partial charge in [0.25, 0.3) is 0 Å². The topological polar surface area (TPSA) is 55.4 Å². The Bertz CT molecular complexity index is 288. The Morgan fingerprint density at radius 1 is 1.71 bits per heavy atom. The van der Waals surface area contributed by atoms with E-state index in [9.17, 15) is 9.59 Å². The van der Waals surface area contributed by atoms with Crippen LogP contribution in [-0.2, 0) is 9.63 Å². The third-order valence-corrected chi connectivity index (χ3v) is 2.24. The number of hydrogen-bond acceptors (Lipinski definition) is 3. The van der Waals surface area contributed by atoms with Crippen LogP contribution in [0, 0.1) is 0 Å². The minimum absolute atomic E-state index is 0.262. The predicted molar refractivity (Wildman–Crippen MR) is 50.0 cm³/mol. The average Bonchev–Trinajstić information content (AvgIpc) is 2.48. The van der Waals surface area contributed by atoms with E-state index in [0.717, 1.165) is 0 Å². The maximum atomic E-state index is 11.4. The van der Waals surface area contributed by atoms with Crippen LogP contribution in [0.1, 0.15) is 13.8 Å². The number of likely N-dealkylation sites (N-methyl/N-ethyl adjacent to an activating group) is 1. The minimum atomic E-state index is -0.524. The Balaban J connectivity index is 2.76. The fraction of sp³-hybridized carbons (Fsp3) is 0.556. The highest BCUT2D eigenvalue weighted by atomic mass is 16.8. The highest BCUT2D eigenvalue weighted by Gasteiger charge is 2.45. The van der Waals surface area contributed by atoms with E-state index in [0.29, 0.717) is 25.2 Å². The van der Waals surface area contributed by atoms with Gasteiger partial charge in [-0.15, -0.1) is 0 Å². The molecule has 1 heterocycles. The molecule has 0 aromatic heterocycles. The highest BCUT2D eigenvalue weighted by molar-refractivity contribution is 5.87. The van der Waals surface area contributed by atoms with Crippen molar-refractivity contribution in [2.45, 2.75) is 13.8 Å². The summed E-state index contributed by atoms with van der Waals surface area (Å²) in [6.07, 6.45) is 0. The van der Waals surface area contributed by atoms with E-state index >= 15 is 0 Å². The first-order valence-electron chi connectivity index (χ1n) is 4.57. The van der Waals surface area contributed by atoms with Crippen molar-refractivity contribution in [3.05, 3.63) is 12.2 Å². The molecule has 1 saturated heterocycles. The number of rotatable bonds is 3. The van der Waals surface area contributed by atoms with Gasteiger partial charge in [-0.3, -0.25) is 10.2 Å². The molecule has 5 heteroatoms. The lowest BCUT2D eigenvalue weighted by molar-refractivity contribution is -1.01. The molecule has 78 valence electrons. The minimum Gasteiger partial charge on any atom is -0.296 e. The number of urea groups is 1. The van der Waals surface area contributed by atoms with Crippen molar-refractivity contribution in [3.63, 3.8) is 0 Å². The number of hydroxylamine groups is 3. The molecule has 1 aliphatic heterocycles. The molecule has 0 bridgehead atoms. The van der Waals surface area contributed by atoms with Crippen molar-refractivity contribution in [3.8, 4) is 0 Å². The van der Waals surface area contributed by atoms with E-state index < -0.39 is 5.97 Å². The van der Waals surface area contributed by atoms with Gasteiger partial charge in [-0.25, -0.2) is 9.59 Å². The van der Waals surface area contributed by atoms with Crippen molar-refractivity contribution < 1.29 is 19.1 Å². The normalized spacial score (nSPS) is 25.7. The number of quaternary nitrogens is 1. The number of carbonyl (C=O) groups excluding carboxylic acids is 2. The molecule has 0 saturated carbocycles. The van der Waals surface area contributed by atoms with Crippen molar-refractivity contribution in [1.29, 1.82) is 0 Å². The van der Waals surface area contributed by atoms with E-state index in [-0.39, 0.29) is 10.7 Å². The lowest BCUT2D eigenvalue weighted by Crippen LogP contribution is -2.51. The second-order valence-electron chi connectivity index (χ2n) is 3.32. The Labute approximate surface area is 82.9 Å². The summed E-state index contributed by atoms with van der Waals surface area (Å²) in [5.41, 5.74) is 0.302. The van der Waals surface area contributed by atoms with E-state index in [4.69, 9.17) is 4.84 Å². The van der Waals surface area contributed by atoms with Gasteiger partial charge in [-0.2, -0.15) is 0 Å². The number of carbonyl (C=O) groups is 2. The van der Waals surface area contributed by atoms with Crippen LogP contribution in [0.5, 0.6) is 0 Å². The number of nitrogens with zero attached hydrogens (tertiary/aromatic N) is 1. The summed E-state index contributed by atoms with van der Waals surface area (Å²) in [4.78, 5) is 27.8. The molecule has 1 unspecified atom stereocenters. The molecule has 0 aromatic rings. The Kier molecular flexibility index (Phi) is 2.90. The third kappa shape index (κ3) is 1.77. The lowest BCUT2D eigenvalue weighted by atomic mass is 10.4. The first-order valence-corrected chi connectivity index (χ1v) is 4.57. The summed E-state index contributed by atoms with van der Waals surface area (Å²) in [6, 6.07) is -0.262. The molecule has 1 aliphatic rings. The molecule has 0 aliphatic carbocycles. The molecular weight excluding hydrogens is 184 g/mol. The molecule has 1 fully saturated rings. The fourth-order valence-electron chi connectivity index (χ4n) is 1.28. The van der Waals surface area contributed by atoms with E-state index in [2.05, 4.69) is 11.9 Å². The van der Waals surface area contributed by atoms with Crippen LogP contribution in [0.4, 0.5) is 4.79 Å². The fourth-order valence-corrected chi connectivity index (χ4v) is 1.28. The summed E-state index contributed by atoms with van der Waals surface area (Å²) in [5.74, 6) is -0.524. The monoisotopic (exact) mass is 199 g/mol. The van der Waals surface area contributed by atoms with E-state index in [1.807, 2.05) is 0 Å². The summed E-state index contributed by atoms with van der Waals surface area (Å²) < 4.78 is -0.272. The summed E-state index contributed by atoms with van der Waals surface area (Å²) in [7, 11) is 0. The maximum Gasteiger partial charge on any atom is 0.458 e. The van der Waals surface area contributed by atoms with Gasteiger partial charge >= 0.3 is 12.0 Å². The molecule has 1 atom stereocenters. The van der Waals surface area contributed by atoms with Crippen molar-refractivity contribution in [2.24, 2.45) is 0 Å². The number of nitrogens with one attached hydrogen (secondary N) is 1. The van der Waals surface area contributed by atoms with Crippen molar-refractivity contribution in [2.75, 3.05) is 19.6 Å². The Morgan fingerprint density at radius 2 is 2.36 bits per heavy atom. The van der Waals surface area contributed by atoms with Gasteiger partial charge in [0.2, 0.25) is 0 Å². The number of amides is 2. The maximum absolute atomic E-state index is 11.4. The first kappa shape index (κ1) is 10.7. The standard InChI is InChI=1S/C9H14N2O3/c1-4-11(6-5-10-9(11)13)14-8(12)7(2)3/h2,4-6H2,1,3H3/p+1. The molecule has 1 rings (SSSR count). The van der Waals surface area contributed by atoms with Crippen LogP contribution < -0.4 is 5.32 Å². The Morgan fingerprint density at radius 3 is 2.71 bits per heavy atom. The van der Waals surface area contributed by atoms with Gasteiger partial charge in [-0.1, -0.05) is 11.2 Å². The quantitative estimate of drug-likeness (QED) is 0.534. The zero-order valence-electron chi connectivity index (χ0n) is 8.50. The van der Waals surface area contributed by atoms with Gasteiger partial charge in [0.05, 0.1) is 6.54 Å². The van der Waals surface area contributed by atoms with Gasteiger partial charge in [-0.05, 0) is 13.8 Å². The van der Waals surface area contributed by atoms with Crippen molar-refractivity contribution in [1.82, 2.24) is 5.32 Å². The van der Waals surface area contributed by atoms with Crippen LogP contribution in [0.2, 0.25) is 0 Å². The van der Waals surface area contributed by atoms with Gasteiger partial charge < -0.3 is 0 Å². The summed E-state index contributed by atoms with van der Waals surface area (Å²) in [5, 5.41) is 2.63. The number of hydrogen-bond donors (Lipinski definition) is 1. The zero-order valence-corrected chi connectivity index (χ0v) is 8.50. The SMILES string of the molecule is C=C(C)C(=O)O[N+]1(CC)CCNC1=O. The molecular formula is C9H15N2O3+. The molecule has 14 heavy (non-hydrogen) atoms. The van der Waals surface area contributed by atoms with Gasteiger partial charge in [0.1, 0.15) is 13.1 Å². The van der Waals surface area contributed by atoms with Crippen molar-refractivity contribution >= 4 is 12.0 Å². The van der Waals surface area contributed by atoms with Gasteiger partial charge in [0, 0.05) is 5.57 Å². The third-order valence-electron chi connectivity index (χ3n) is 2.24. The average molecular weight is 199 g/mol. The van der Waals surface area contributed by atoms with E-state index in [1.165, 1.54) is 0 Å². The summed E-state index contributed by atoms with van der Waals surface area (Å²) in [6.45, 7) is 8.29. The predicted octanol–water partition coefficient (Wildman–Crippen LogP) is 0.581. The molecule has 0 radical (unpaired) electrons.